The lowest BCUT2D eigenvalue weighted by atomic mass is 10.1. The lowest BCUT2D eigenvalue weighted by molar-refractivity contribution is -0.146. The Kier molecular flexibility index (Phi) is 1.94. The van der Waals surface area contributed by atoms with Crippen LogP contribution in [0.25, 0.3) is 0 Å². The number of carbonyl (C=O) groups excluding carboxylic acids is 2. The van der Waals surface area contributed by atoms with Crippen molar-refractivity contribution in [3.8, 4) is 0 Å². The van der Waals surface area contributed by atoms with E-state index in [-0.39, 0.29) is 11.9 Å². The Labute approximate surface area is 63.3 Å². The maximum absolute atomic E-state index is 10.7. The largest absolute Gasteiger partial charge is 0.453 e. The zero-order chi connectivity index (χ0) is 7.72. The molecule has 1 saturated heterocycles. The third-order valence-electron chi connectivity index (χ3n) is 1.48. The van der Waals surface area contributed by atoms with Crippen molar-refractivity contribution in [3.05, 3.63) is 0 Å². The van der Waals surface area contributed by atoms with E-state index in [0.717, 1.165) is 0 Å². The minimum absolute atomic E-state index is 0.187. The first-order valence-corrected chi connectivity index (χ1v) is 3.39. The van der Waals surface area contributed by atoms with Crippen LogP contribution in [0.5, 0.6) is 0 Å². The van der Waals surface area contributed by atoms with Crippen LogP contribution in [0.1, 0.15) is 13.3 Å². The van der Waals surface area contributed by atoms with Gasteiger partial charge in [-0.25, -0.2) is 0 Å². The quantitative estimate of drug-likeness (QED) is 0.421. The number of halogens is 1. The first-order chi connectivity index (χ1) is 4.61. The second-order valence-corrected chi connectivity index (χ2v) is 2.74. The van der Waals surface area contributed by atoms with Gasteiger partial charge in [-0.3, -0.25) is 9.59 Å². The van der Waals surface area contributed by atoms with Crippen LogP contribution in [0.4, 0.5) is 0 Å². The van der Waals surface area contributed by atoms with Crippen LogP contribution in [-0.2, 0) is 14.3 Å². The van der Waals surface area contributed by atoms with Gasteiger partial charge in [-0.2, -0.15) is 0 Å². The summed E-state index contributed by atoms with van der Waals surface area (Å²) in [6.45, 7) is 1.71. The van der Waals surface area contributed by atoms with E-state index >= 15 is 0 Å². The Morgan fingerprint density at radius 3 is 2.60 bits per heavy atom. The second-order valence-electron chi connectivity index (χ2n) is 2.37. The van der Waals surface area contributed by atoms with E-state index in [2.05, 4.69) is 4.74 Å². The van der Waals surface area contributed by atoms with Crippen LogP contribution in [-0.4, -0.2) is 17.3 Å². The van der Waals surface area contributed by atoms with Crippen LogP contribution in [0, 0.1) is 5.92 Å². The number of cyclic esters (lactones) is 1. The van der Waals surface area contributed by atoms with Crippen LogP contribution in [0.15, 0.2) is 0 Å². The molecule has 0 N–H and O–H groups in total. The summed E-state index contributed by atoms with van der Waals surface area (Å²) in [7, 11) is 0. The molecule has 0 radical (unpaired) electrons. The molecule has 0 aromatic rings. The normalized spacial score (nSPS) is 32.0. The summed E-state index contributed by atoms with van der Waals surface area (Å²) in [5.41, 5.74) is 0. The van der Waals surface area contributed by atoms with Crippen molar-refractivity contribution >= 4 is 22.8 Å². The van der Waals surface area contributed by atoms with E-state index in [9.17, 15) is 9.59 Å². The molecule has 0 aromatic heterocycles. The molecule has 0 saturated carbocycles. The summed E-state index contributed by atoms with van der Waals surface area (Å²) in [6, 6.07) is 0. The van der Waals surface area contributed by atoms with Gasteiger partial charge in [-0.1, -0.05) is 6.92 Å². The zero-order valence-electron chi connectivity index (χ0n) is 5.46. The number of carbonyl (C=O) groups is 2. The molecule has 1 fully saturated rings. The highest BCUT2D eigenvalue weighted by molar-refractivity contribution is 6.64. The van der Waals surface area contributed by atoms with E-state index in [1.807, 2.05) is 0 Å². The Bertz CT molecular complexity index is 178. The highest BCUT2D eigenvalue weighted by Gasteiger charge is 2.34. The fraction of sp³-hybridized carbons (Fsp3) is 0.667. The van der Waals surface area contributed by atoms with Crippen molar-refractivity contribution in [3.63, 3.8) is 0 Å². The molecular formula is C6H7ClO3. The summed E-state index contributed by atoms with van der Waals surface area (Å²) >= 11 is 5.10. The van der Waals surface area contributed by atoms with Crippen LogP contribution in [0.3, 0.4) is 0 Å². The van der Waals surface area contributed by atoms with Gasteiger partial charge >= 0.3 is 5.97 Å². The number of hydrogen-bond acceptors (Lipinski definition) is 3. The predicted octanol–water partition coefficient (Wildman–Crippen LogP) is 0.703. The number of rotatable bonds is 1. The van der Waals surface area contributed by atoms with E-state index in [1.165, 1.54) is 0 Å². The zero-order valence-corrected chi connectivity index (χ0v) is 6.22. The molecule has 0 aliphatic carbocycles. The summed E-state index contributed by atoms with van der Waals surface area (Å²) in [5, 5.41) is -0.585. The molecule has 2 unspecified atom stereocenters. The van der Waals surface area contributed by atoms with Crippen molar-refractivity contribution in [2.75, 3.05) is 0 Å². The van der Waals surface area contributed by atoms with Crippen molar-refractivity contribution in [1.29, 1.82) is 0 Å². The summed E-state index contributed by atoms with van der Waals surface area (Å²) in [4.78, 5) is 21.1. The first-order valence-electron chi connectivity index (χ1n) is 3.01. The average molecular weight is 163 g/mol. The molecule has 10 heavy (non-hydrogen) atoms. The molecule has 1 rings (SSSR count). The van der Waals surface area contributed by atoms with Gasteiger partial charge in [-0.05, 0) is 11.6 Å². The summed E-state index contributed by atoms with van der Waals surface area (Å²) < 4.78 is 4.61. The molecule has 1 aliphatic heterocycles. The highest BCUT2D eigenvalue weighted by atomic mass is 35.5. The molecule has 0 spiro atoms. The summed E-state index contributed by atoms with van der Waals surface area (Å²) in [6.07, 6.45) is -0.287. The van der Waals surface area contributed by atoms with Crippen LogP contribution >= 0.6 is 11.6 Å². The molecule has 0 bridgehead atoms. The van der Waals surface area contributed by atoms with Gasteiger partial charge in [-0.15, -0.1) is 0 Å². The van der Waals surface area contributed by atoms with Gasteiger partial charge in [0.25, 0.3) is 5.24 Å². The fourth-order valence-electron chi connectivity index (χ4n) is 0.861. The summed E-state index contributed by atoms with van der Waals surface area (Å²) in [5.74, 6) is -0.522. The Morgan fingerprint density at radius 1 is 1.80 bits per heavy atom. The SMILES string of the molecule is CC1CC(C(=O)Cl)OC1=O. The highest BCUT2D eigenvalue weighted by Crippen LogP contribution is 2.21. The van der Waals surface area contributed by atoms with Crippen molar-refractivity contribution in [2.45, 2.75) is 19.4 Å². The molecule has 56 valence electrons. The van der Waals surface area contributed by atoms with Gasteiger partial charge in [0.15, 0.2) is 6.10 Å². The van der Waals surface area contributed by atoms with Crippen molar-refractivity contribution < 1.29 is 14.3 Å². The van der Waals surface area contributed by atoms with E-state index in [0.29, 0.717) is 6.42 Å². The molecule has 4 heteroatoms. The van der Waals surface area contributed by atoms with Crippen LogP contribution in [0.2, 0.25) is 0 Å². The Balaban J connectivity index is 2.57. The third-order valence-corrected chi connectivity index (χ3v) is 1.72. The van der Waals surface area contributed by atoms with Gasteiger partial charge in [0.2, 0.25) is 0 Å². The number of ether oxygens (including phenoxy) is 1. The van der Waals surface area contributed by atoms with E-state index in [1.54, 1.807) is 6.92 Å². The maximum Gasteiger partial charge on any atom is 0.309 e. The monoisotopic (exact) mass is 162 g/mol. The average Bonchev–Trinajstić information content (AvgIpc) is 2.13. The van der Waals surface area contributed by atoms with E-state index < -0.39 is 11.3 Å². The first kappa shape index (κ1) is 7.54. The molecular weight excluding hydrogens is 156 g/mol. The Hall–Kier alpha value is -0.570. The van der Waals surface area contributed by atoms with Crippen LogP contribution < -0.4 is 0 Å². The van der Waals surface area contributed by atoms with Crippen molar-refractivity contribution in [2.24, 2.45) is 5.92 Å². The smallest absolute Gasteiger partial charge is 0.309 e. The minimum atomic E-state index is -0.704. The van der Waals surface area contributed by atoms with Gasteiger partial charge in [0, 0.05) is 6.42 Å². The molecule has 1 aliphatic rings. The lowest BCUT2D eigenvalue weighted by Gasteiger charge is -1.99. The van der Waals surface area contributed by atoms with E-state index in [4.69, 9.17) is 11.6 Å². The molecule has 1 heterocycles. The standard InChI is InChI=1S/C6H7ClO3/c1-3-2-4(5(7)8)10-6(3)9/h3-4H,2H2,1H3. The second kappa shape index (κ2) is 2.58. The maximum atomic E-state index is 10.7. The number of esters is 1. The fourth-order valence-corrected chi connectivity index (χ4v) is 0.994. The topological polar surface area (TPSA) is 43.4 Å². The van der Waals surface area contributed by atoms with Gasteiger partial charge in [0.1, 0.15) is 0 Å². The number of hydrogen-bond donors (Lipinski definition) is 0. The third kappa shape index (κ3) is 1.29. The molecule has 0 amide bonds. The molecule has 3 nitrogen and oxygen atoms in total. The van der Waals surface area contributed by atoms with Gasteiger partial charge in [0.05, 0.1) is 5.92 Å². The minimum Gasteiger partial charge on any atom is -0.453 e. The van der Waals surface area contributed by atoms with Crippen molar-refractivity contribution in [1.82, 2.24) is 0 Å². The predicted molar refractivity (Wildman–Crippen MR) is 34.5 cm³/mol. The van der Waals surface area contributed by atoms with Gasteiger partial charge < -0.3 is 4.74 Å². The Morgan fingerprint density at radius 2 is 2.40 bits per heavy atom. The molecule has 2 atom stereocenters. The molecule has 0 aromatic carbocycles. The lowest BCUT2D eigenvalue weighted by Crippen LogP contribution is -2.13.